The number of nitrogens with zero attached hydrogens (tertiary/aromatic N) is 1. The molecule has 1 aromatic carbocycles. The largest absolute Gasteiger partial charge is 0.494 e. The zero-order valence-corrected chi connectivity index (χ0v) is 11.9. The molecule has 4 heteroatoms. The molecular formula is C16H19FN2O. The second kappa shape index (κ2) is 6.48. The van der Waals surface area contributed by atoms with Crippen molar-refractivity contribution >= 4 is 0 Å². The van der Waals surface area contributed by atoms with Crippen LogP contribution in [0.2, 0.25) is 0 Å². The fraction of sp³-hybridized carbons (Fsp3) is 0.312. The van der Waals surface area contributed by atoms with Crippen molar-refractivity contribution in [3.05, 3.63) is 59.7 Å². The van der Waals surface area contributed by atoms with Gasteiger partial charge in [0.2, 0.25) is 0 Å². The third kappa shape index (κ3) is 3.33. The number of methoxy groups -OCH3 is 1. The molecule has 0 fully saturated rings. The van der Waals surface area contributed by atoms with Crippen LogP contribution in [0.25, 0.3) is 0 Å². The molecule has 0 bridgehead atoms. The first-order chi connectivity index (χ1) is 9.61. The van der Waals surface area contributed by atoms with Gasteiger partial charge >= 0.3 is 0 Å². The van der Waals surface area contributed by atoms with Gasteiger partial charge in [-0.1, -0.05) is 12.1 Å². The predicted octanol–water partition coefficient (Wildman–Crippen LogP) is 3.64. The predicted molar refractivity (Wildman–Crippen MR) is 77.2 cm³/mol. The molecule has 1 unspecified atom stereocenters. The average Bonchev–Trinajstić information content (AvgIpc) is 2.48. The summed E-state index contributed by atoms with van der Waals surface area (Å²) in [6, 6.07) is 10.9. The zero-order valence-electron chi connectivity index (χ0n) is 11.9. The van der Waals surface area contributed by atoms with E-state index in [0.29, 0.717) is 0 Å². The molecule has 1 N–H and O–H groups in total. The first-order valence-electron chi connectivity index (χ1n) is 6.62. The first kappa shape index (κ1) is 14.5. The van der Waals surface area contributed by atoms with Gasteiger partial charge in [0.05, 0.1) is 12.8 Å². The highest BCUT2D eigenvalue weighted by atomic mass is 19.1. The number of pyridine rings is 1. The van der Waals surface area contributed by atoms with Crippen molar-refractivity contribution in [1.82, 2.24) is 10.3 Å². The molecule has 0 aliphatic carbocycles. The molecular weight excluding hydrogens is 255 g/mol. The Hall–Kier alpha value is -1.94. The quantitative estimate of drug-likeness (QED) is 0.903. The number of nitrogens with one attached hydrogen (secondary N) is 1. The van der Waals surface area contributed by atoms with E-state index in [0.717, 1.165) is 11.3 Å². The molecule has 106 valence electrons. The second-order valence-electron chi connectivity index (χ2n) is 4.76. The van der Waals surface area contributed by atoms with Gasteiger partial charge in [-0.15, -0.1) is 0 Å². The fourth-order valence-corrected chi connectivity index (χ4v) is 2.13. The Morgan fingerprint density at radius 2 is 1.95 bits per heavy atom. The van der Waals surface area contributed by atoms with Gasteiger partial charge in [0.1, 0.15) is 0 Å². The number of aromatic nitrogens is 1. The Balaban J connectivity index is 2.10. The lowest BCUT2D eigenvalue weighted by Gasteiger charge is -2.20. The maximum atomic E-state index is 13.4. The van der Waals surface area contributed by atoms with E-state index in [1.54, 1.807) is 18.3 Å². The SMILES string of the molecule is COc1cc(C(C)N[C@@H](C)c2ccccn2)ccc1F. The summed E-state index contributed by atoms with van der Waals surface area (Å²) in [7, 11) is 1.47. The van der Waals surface area contributed by atoms with E-state index in [4.69, 9.17) is 4.74 Å². The number of benzene rings is 1. The molecule has 1 aromatic heterocycles. The molecule has 2 atom stereocenters. The zero-order chi connectivity index (χ0) is 14.5. The Bertz CT molecular complexity index is 560. The third-order valence-electron chi connectivity index (χ3n) is 3.31. The highest BCUT2D eigenvalue weighted by molar-refractivity contribution is 5.32. The normalized spacial score (nSPS) is 13.8. The van der Waals surface area contributed by atoms with Crippen LogP contribution in [0.1, 0.15) is 37.2 Å². The van der Waals surface area contributed by atoms with Gasteiger partial charge < -0.3 is 10.1 Å². The van der Waals surface area contributed by atoms with Crippen molar-refractivity contribution in [2.75, 3.05) is 7.11 Å². The van der Waals surface area contributed by atoms with E-state index < -0.39 is 0 Å². The van der Waals surface area contributed by atoms with Crippen LogP contribution in [0, 0.1) is 5.82 Å². The van der Waals surface area contributed by atoms with Crippen LogP contribution >= 0.6 is 0 Å². The van der Waals surface area contributed by atoms with Crippen molar-refractivity contribution in [3.63, 3.8) is 0 Å². The topological polar surface area (TPSA) is 34.1 Å². The Kier molecular flexibility index (Phi) is 4.69. The minimum atomic E-state index is -0.346. The van der Waals surface area contributed by atoms with E-state index in [1.807, 2.05) is 25.1 Å². The van der Waals surface area contributed by atoms with Gasteiger partial charge in [0.15, 0.2) is 11.6 Å². The number of ether oxygens (including phenoxy) is 1. The summed E-state index contributed by atoms with van der Waals surface area (Å²) in [5.41, 5.74) is 1.96. The standard InChI is InChI=1S/C16H19FN2O/c1-11(13-7-8-14(17)16(10-13)20-3)19-12(2)15-6-4-5-9-18-15/h4-12,19H,1-3H3/t11?,12-/m0/s1. The number of hydrogen-bond acceptors (Lipinski definition) is 3. The van der Waals surface area contributed by atoms with Gasteiger partial charge in [-0.05, 0) is 43.7 Å². The lowest BCUT2D eigenvalue weighted by molar-refractivity contribution is 0.384. The minimum Gasteiger partial charge on any atom is -0.494 e. The van der Waals surface area contributed by atoms with Crippen molar-refractivity contribution < 1.29 is 9.13 Å². The van der Waals surface area contributed by atoms with E-state index in [9.17, 15) is 4.39 Å². The number of halogens is 1. The summed E-state index contributed by atoms with van der Waals surface area (Å²) in [4.78, 5) is 4.33. The molecule has 1 heterocycles. The summed E-state index contributed by atoms with van der Waals surface area (Å²) in [6.07, 6.45) is 1.78. The summed E-state index contributed by atoms with van der Waals surface area (Å²) in [5.74, 6) is -0.0807. The Morgan fingerprint density at radius 1 is 1.15 bits per heavy atom. The van der Waals surface area contributed by atoms with Gasteiger partial charge in [0.25, 0.3) is 0 Å². The van der Waals surface area contributed by atoms with E-state index in [-0.39, 0.29) is 23.7 Å². The van der Waals surface area contributed by atoms with Crippen molar-refractivity contribution in [2.24, 2.45) is 0 Å². The van der Waals surface area contributed by atoms with Crippen LogP contribution in [-0.2, 0) is 0 Å². The summed E-state index contributed by atoms with van der Waals surface area (Å²) < 4.78 is 18.4. The van der Waals surface area contributed by atoms with Gasteiger partial charge in [0, 0.05) is 18.3 Å². The van der Waals surface area contributed by atoms with E-state index >= 15 is 0 Å². The molecule has 0 saturated heterocycles. The fourth-order valence-electron chi connectivity index (χ4n) is 2.13. The highest BCUT2D eigenvalue weighted by Crippen LogP contribution is 2.24. The molecule has 0 amide bonds. The summed E-state index contributed by atoms with van der Waals surface area (Å²) in [5, 5.41) is 3.44. The van der Waals surface area contributed by atoms with Crippen molar-refractivity contribution in [2.45, 2.75) is 25.9 Å². The molecule has 0 aliphatic rings. The highest BCUT2D eigenvalue weighted by Gasteiger charge is 2.13. The Labute approximate surface area is 118 Å². The third-order valence-corrected chi connectivity index (χ3v) is 3.31. The minimum absolute atomic E-state index is 0.0708. The smallest absolute Gasteiger partial charge is 0.165 e. The van der Waals surface area contributed by atoms with Crippen molar-refractivity contribution in [3.8, 4) is 5.75 Å². The van der Waals surface area contributed by atoms with E-state index in [1.165, 1.54) is 13.2 Å². The van der Waals surface area contributed by atoms with Gasteiger partial charge in [-0.25, -0.2) is 4.39 Å². The monoisotopic (exact) mass is 274 g/mol. The molecule has 0 spiro atoms. The van der Waals surface area contributed by atoms with Crippen LogP contribution in [-0.4, -0.2) is 12.1 Å². The lowest BCUT2D eigenvalue weighted by Crippen LogP contribution is -2.23. The second-order valence-corrected chi connectivity index (χ2v) is 4.76. The van der Waals surface area contributed by atoms with Crippen LogP contribution in [0.15, 0.2) is 42.6 Å². The molecule has 3 nitrogen and oxygen atoms in total. The average molecular weight is 274 g/mol. The molecule has 0 saturated carbocycles. The van der Waals surface area contributed by atoms with Crippen LogP contribution < -0.4 is 10.1 Å². The van der Waals surface area contributed by atoms with Crippen LogP contribution in [0.3, 0.4) is 0 Å². The molecule has 0 radical (unpaired) electrons. The Morgan fingerprint density at radius 3 is 2.60 bits per heavy atom. The molecule has 2 aromatic rings. The summed E-state index contributed by atoms with van der Waals surface area (Å²) in [6.45, 7) is 4.09. The van der Waals surface area contributed by atoms with E-state index in [2.05, 4.69) is 17.2 Å². The molecule has 2 rings (SSSR count). The molecule has 0 aliphatic heterocycles. The molecule has 20 heavy (non-hydrogen) atoms. The van der Waals surface area contributed by atoms with Crippen LogP contribution in [0.5, 0.6) is 5.75 Å². The number of rotatable bonds is 5. The van der Waals surface area contributed by atoms with Crippen LogP contribution in [0.4, 0.5) is 4.39 Å². The maximum Gasteiger partial charge on any atom is 0.165 e. The maximum absolute atomic E-state index is 13.4. The summed E-state index contributed by atoms with van der Waals surface area (Å²) >= 11 is 0. The van der Waals surface area contributed by atoms with Gasteiger partial charge in [-0.3, -0.25) is 4.98 Å². The number of hydrogen-bond donors (Lipinski definition) is 1. The lowest BCUT2D eigenvalue weighted by atomic mass is 10.1. The van der Waals surface area contributed by atoms with Gasteiger partial charge in [-0.2, -0.15) is 0 Å². The van der Waals surface area contributed by atoms with Crippen molar-refractivity contribution in [1.29, 1.82) is 0 Å². The first-order valence-corrected chi connectivity index (χ1v) is 6.62.